The van der Waals surface area contributed by atoms with Crippen LogP contribution < -0.4 is 15.6 Å². The molecule has 2 N–H and O–H groups in total. The molecule has 1 amide bonds. The molecule has 2 aromatic carbocycles. The van der Waals surface area contributed by atoms with Gasteiger partial charge in [-0.05, 0) is 62.4 Å². The first kappa shape index (κ1) is 23.9. The summed E-state index contributed by atoms with van der Waals surface area (Å²) in [5, 5.41) is 16.4. The van der Waals surface area contributed by atoms with Crippen LogP contribution in [0.1, 0.15) is 24.2 Å². The molecule has 174 valence electrons. The van der Waals surface area contributed by atoms with Crippen molar-refractivity contribution in [3.63, 3.8) is 0 Å². The molecule has 0 spiro atoms. The molecule has 0 bridgehead atoms. The van der Waals surface area contributed by atoms with Crippen molar-refractivity contribution in [1.29, 1.82) is 0 Å². The van der Waals surface area contributed by atoms with Crippen LogP contribution in [0, 0.1) is 5.82 Å². The van der Waals surface area contributed by atoms with Crippen molar-refractivity contribution >= 4 is 5.91 Å². The van der Waals surface area contributed by atoms with Crippen LogP contribution in [-0.2, 0) is 0 Å². The van der Waals surface area contributed by atoms with Gasteiger partial charge in [-0.15, -0.1) is 13.2 Å². The molecule has 33 heavy (non-hydrogen) atoms. The average molecular weight is 465 g/mol. The van der Waals surface area contributed by atoms with Gasteiger partial charge in [0.15, 0.2) is 0 Å². The van der Waals surface area contributed by atoms with Crippen molar-refractivity contribution in [3.8, 4) is 22.7 Å². The Labute approximate surface area is 185 Å². The molecule has 0 aliphatic rings. The largest absolute Gasteiger partial charge is 0.573 e. The summed E-state index contributed by atoms with van der Waals surface area (Å²) in [4.78, 5) is 25.6. The normalized spacial score (nSPS) is 11.8. The summed E-state index contributed by atoms with van der Waals surface area (Å²) in [6.45, 7) is 2.76. The van der Waals surface area contributed by atoms with Crippen LogP contribution in [0.2, 0.25) is 0 Å². The number of carbonyl (C=O) groups is 1. The van der Waals surface area contributed by atoms with Gasteiger partial charge in [0.2, 0.25) is 0 Å². The summed E-state index contributed by atoms with van der Waals surface area (Å²) in [6, 6.07) is 10.8. The van der Waals surface area contributed by atoms with Gasteiger partial charge in [0, 0.05) is 12.1 Å². The van der Waals surface area contributed by atoms with Gasteiger partial charge in [0.25, 0.3) is 11.5 Å². The number of ether oxygens (including phenoxy) is 1. The SMILES string of the molecule is CC(C)(O)CNC(=O)c1cc(-c2ccc(OC(F)(F)F)cc2)nn(-c2cccc(F)c2)c1=O. The van der Waals surface area contributed by atoms with Crippen LogP contribution in [-0.4, -0.2) is 39.3 Å². The monoisotopic (exact) mass is 465 g/mol. The van der Waals surface area contributed by atoms with E-state index in [-0.39, 0.29) is 29.1 Å². The van der Waals surface area contributed by atoms with Gasteiger partial charge >= 0.3 is 6.36 Å². The summed E-state index contributed by atoms with van der Waals surface area (Å²) in [7, 11) is 0. The van der Waals surface area contributed by atoms with Crippen LogP contribution in [0.3, 0.4) is 0 Å². The number of aliphatic hydroxyl groups is 1. The van der Waals surface area contributed by atoms with Gasteiger partial charge < -0.3 is 15.2 Å². The smallest absolute Gasteiger partial charge is 0.406 e. The highest BCUT2D eigenvalue weighted by atomic mass is 19.4. The molecule has 0 atom stereocenters. The number of alkyl halides is 3. The summed E-state index contributed by atoms with van der Waals surface area (Å²) >= 11 is 0. The quantitative estimate of drug-likeness (QED) is 0.544. The lowest BCUT2D eigenvalue weighted by Crippen LogP contribution is -2.41. The number of rotatable bonds is 6. The lowest BCUT2D eigenvalue weighted by Gasteiger charge is -2.18. The number of nitrogens with zero attached hydrogens (tertiary/aromatic N) is 2. The molecule has 0 fully saturated rings. The van der Waals surface area contributed by atoms with Crippen LogP contribution >= 0.6 is 0 Å². The number of nitrogens with one attached hydrogen (secondary N) is 1. The van der Waals surface area contributed by atoms with Crippen molar-refractivity contribution in [2.45, 2.75) is 25.8 Å². The minimum Gasteiger partial charge on any atom is -0.406 e. The zero-order chi connectivity index (χ0) is 24.4. The second kappa shape index (κ2) is 9.02. The van der Waals surface area contributed by atoms with E-state index in [4.69, 9.17) is 0 Å². The Morgan fingerprint density at radius 3 is 2.36 bits per heavy atom. The van der Waals surface area contributed by atoms with E-state index in [2.05, 4.69) is 15.2 Å². The van der Waals surface area contributed by atoms with E-state index in [0.717, 1.165) is 35.0 Å². The Morgan fingerprint density at radius 1 is 1.12 bits per heavy atom. The number of hydrogen-bond acceptors (Lipinski definition) is 5. The first-order chi connectivity index (χ1) is 15.3. The van der Waals surface area contributed by atoms with Gasteiger partial charge in [-0.25, -0.2) is 4.39 Å². The standard InChI is InChI=1S/C22H19F4N3O4/c1-21(2,32)12-27-19(30)17-11-18(13-6-8-16(9-7-13)33-22(24,25)26)28-29(20(17)31)15-5-3-4-14(23)10-15/h3-11,32H,12H2,1-2H3,(H,27,30). The molecule has 0 radical (unpaired) electrons. The molecular formula is C22H19F4N3O4. The van der Waals surface area contributed by atoms with Crippen molar-refractivity contribution in [2.75, 3.05) is 6.54 Å². The summed E-state index contributed by atoms with van der Waals surface area (Å²) in [6.07, 6.45) is -4.86. The lowest BCUT2D eigenvalue weighted by atomic mass is 10.1. The Balaban J connectivity index is 2.09. The molecule has 3 rings (SSSR count). The van der Waals surface area contributed by atoms with E-state index in [1.54, 1.807) is 0 Å². The van der Waals surface area contributed by atoms with E-state index in [9.17, 15) is 32.3 Å². The van der Waals surface area contributed by atoms with Gasteiger partial charge in [0.1, 0.15) is 17.1 Å². The maximum absolute atomic E-state index is 13.7. The lowest BCUT2D eigenvalue weighted by molar-refractivity contribution is -0.274. The maximum Gasteiger partial charge on any atom is 0.573 e. The molecule has 7 nitrogen and oxygen atoms in total. The van der Waals surface area contributed by atoms with E-state index in [0.29, 0.717) is 0 Å². The van der Waals surface area contributed by atoms with Crippen molar-refractivity contribution < 1.29 is 32.2 Å². The average Bonchev–Trinajstić information content (AvgIpc) is 2.71. The van der Waals surface area contributed by atoms with Crippen molar-refractivity contribution in [2.24, 2.45) is 0 Å². The molecule has 0 unspecified atom stereocenters. The van der Waals surface area contributed by atoms with Gasteiger partial charge in [0.05, 0.1) is 17.0 Å². The zero-order valence-electron chi connectivity index (χ0n) is 17.5. The first-order valence-electron chi connectivity index (χ1n) is 9.59. The number of halogens is 4. The number of carbonyl (C=O) groups excluding carboxylic acids is 1. The second-order valence-corrected chi connectivity index (χ2v) is 7.71. The van der Waals surface area contributed by atoms with Crippen LogP contribution in [0.25, 0.3) is 16.9 Å². The maximum atomic E-state index is 13.7. The minimum atomic E-state index is -4.86. The number of aromatic nitrogens is 2. The Morgan fingerprint density at radius 2 is 1.79 bits per heavy atom. The fourth-order valence-electron chi connectivity index (χ4n) is 2.80. The minimum absolute atomic E-state index is 0.0374. The Hall–Kier alpha value is -3.73. The number of hydrogen-bond donors (Lipinski definition) is 2. The number of benzene rings is 2. The second-order valence-electron chi connectivity index (χ2n) is 7.71. The molecule has 0 aliphatic heterocycles. The predicted octanol–water partition coefficient (Wildman–Crippen LogP) is 3.44. The van der Waals surface area contributed by atoms with Crippen molar-refractivity contribution in [1.82, 2.24) is 15.1 Å². The van der Waals surface area contributed by atoms with E-state index in [1.165, 1.54) is 38.1 Å². The van der Waals surface area contributed by atoms with Gasteiger partial charge in [-0.3, -0.25) is 9.59 Å². The van der Waals surface area contributed by atoms with Crippen LogP contribution in [0.15, 0.2) is 59.4 Å². The van der Waals surface area contributed by atoms with Gasteiger partial charge in [-0.1, -0.05) is 6.07 Å². The first-order valence-corrected chi connectivity index (χ1v) is 9.59. The van der Waals surface area contributed by atoms with Crippen LogP contribution in [0.5, 0.6) is 5.75 Å². The fraction of sp³-hybridized carbons (Fsp3) is 0.227. The summed E-state index contributed by atoms with van der Waals surface area (Å²) in [5.41, 5.74) is -2.09. The third-order valence-corrected chi connectivity index (χ3v) is 4.27. The van der Waals surface area contributed by atoms with E-state index >= 15 is 0 Å². The molecule has 11 heteroatoms. The highest BCUT2D eigenvalue weighted by molar-refractivity contribution is 5.94. The topological polar surface area (TPSA) is 93.4 Å². The highest BCUT2D eigenvalue weighted by Crippen LogP contribution is 2.26. The number of amides is 1. The van der Waals surface area contributed by atoms with E-state index < -0.39 is 35.0 Å². The molecule has 1 aromatic heterocycles. The third kappa shape index (κ3) is 6.39. The van der Waals surface area contributed by atoms with Gasteiger partial charge in [-0.2, -0.15) is 9.78 Å². The predicted molar refractivity (Wildman–Crippen MR) is 111 cm³/mol. The molecule has 1 heterocycles. The van der Waals surface area contributed by atoms with Crippen molar-refractivity contribution in [3.05, 3.63) is 76.3 Å². The molecular weight excluding hydrogens is 446 g/mol. The zero-order valence-corrected chi connectivity index (χ0v) is 17.5. The van der Waals surface area contributed by atoms with Crippen LogP contribution in [0.4, 0.5) is 17.6 Å². The summed E-state index contributed by atoms with van der Waals surface area (Å²) in [5.74, 6) is -1.92. The summed E-state index contributed by atoms with van der Waals surface area (Å²) < 4.78 is 55.6. The molecule has 0 aliphatic carbocycles. The molecule has 3 aromatic rings. The highest BCUT2D eigenvalue weighted by Gasteiger charge is 2.31. The van der Waals surface area contributed by atoms with E-state index in [1.807, 2.05) is 0 Å². The Bertz CT molecular complexity index is 1220. The third-order valence-electron chi connectivity index (χ3n) is 4.27. The Kier molecular flexibility index (Phi) is 6.54. The molecule has 0 saturated heterocycles. The fourth-order valence-corrected chi connectivity index (χ4v) is 2.80. The molecule has 0 saturated carbocycles.